The number of nitrogens with zero attached hydrogens (tertiary/aromatic N) is 9. The van der Waals surface area contributed by atoms with Gasteiger partial charge in [-0.15, -0.1) is 10.2 Å². The maximum atomic E-state index is 14.0. The average molecular weight is 977 g/mol. The highest BCUT2D eigenvalue weighted by atomic mass is 16.6. The zero-order valence-corrected chi connectivity index (χ0v) is 41.9. The Labute approximate surface area is 416 Å². The number of amides is 1. The molecule has 1 aromatic carbocycles. The van der Waals surface area contributed by atoms with Crippen LogP contribution in [0.3, 0.4) is 0 Å². The number of β-amino-alcohol motifs (C(OH)–C–C–N with tert-alkyl or cyclic N) is 1. The summed E-state index contributed by atoms with van der Waals surface area (Å²) in [5.74, 6) is 1.52. The topological polar surface area (TPSA) is 209 Å². The van der Waals surface area contributed by atoms with E-state index in [0.717, 1.165) is 114 Å². The molecule has 8 heterocycles. The van der Waals surface area contributed by atoms with Crippen LogP contribution in [0.5, 0.6) is 11.6 Å². The van der Waals surface area contributed by atoms with E-state index in [1.54, 1.807) is 32.9 Å². The zero-order chi connectivity index (χ0) is 49.6. The Morgan fingerprint density at radius 1 is 0.859 bits per heavy atom. The Morgan fingerprint density at radius 3 is 2.30 bits per heavy atom. The molecule has 4 aromatic rings. The number of phenols is 1. The third-order valence-corrected chi connectivity index (χ3v) is 15.5. The van der Waals surface area contributed by atoms with Crippen LogP contribution in [-0.4, -0.2) is 153 Å². The minimum Gasteiger partial charge on any atom is -0.507 e. The fourth-order valence-electron chi connectivity index (χ4n) is 11.9. The SMILES string of the molecule is CC(C)C(C(=O)N1C[C@H](O)CC1C(=O)OC(C)(C)C)c1cc(N2CCC(CN3CCC(OC4CC(Oc5cc(N6C7CCC6CN(c6cc(-c8ccccc8O)nnc6N)C7)ccn5)C4)CC3)CC2)no1. The van der Waals surface area contributed by atoms with Crippen molar-refractivity contribution in [2.75, 3.05) is 72.8 Å². The molecule has 1 saturated carbocycles. The molecule has 1 amide bonds. The van der Waals surface area contributed by atoms with Gasteiger partial charge in [-0.05, 0) is 95.4 Å². The number of carbonyl (C=O) groups is 2. The van der Waals surface area contributed by atoms with Gasteiger partial charge in [0.25, 0.3) is 0 Å². The van der Waals surface area contributed by atoms with E-state index in [1.165, 1.54) is 4.90 Å². The molecule has 3 aromatic heterocycles. The molecule has 18 heteroatoms. The van der Waals surface area contributed by atoms with Crippen LogP contribution in [-0.2, 0) is 19.1 Å². The maximum Gasteiger partial charge on any atom is 0.329 e. The van der Waals surface area contributed by atoms with E-state index in [9.17, 15) is 19.8 Å². The van der Waals surface area contributed by atoms with Gasteiger partial charge in [0, 0.05) is 113 Å². The quantitative estimate of drug-likeness (QED) is 0.123. The molecule has 71 heavy (non-hydrogen) atoms. The van der Waals surface area contributed by atoms with Gasteiger partial charge >= 0.3 is 5.97 Å². The number of piperazine rings is 1. The monoisotopic (exact) mass is 977 g/mol. The lowest BCUT2D eigenvalue weighted by atomic mass is 9.91. The number of esters is 1. The predicted octanol–water partition coefficient (Wildman–Crippen LogP) is 6.02. The molecule has 382 valence electrons. The summed E-state index contributed by atoms with van der Waals surface area (Å²) in [7, 11) is 0. The molecule has 1 aliphatic carbocycles. The number of aromatic nitrogens is 4. The van der Waals surface area contributed by atoms with Crippen LogP contribution in [0.1, 0.15) is 104 Å². The fourth-order valence-corrected chi connectivity index (χ4v) is 11.9. The first-order chi connectivity index (χ1) is 34.1. The molecule has 5 aliphatic heterocycles. The number of benzene rings is 1. The number of hydrogen-bond donors (Lipinski definition) is 3. The number of anilines is 4. The summed E-state index contributed by atoms with van der Waals surface area (Å²) in [6.07, 6.45) is 9.88. The molecular weight excluding hydrogens is 905 g/mol. The van der Waals surface area contributed by atoms with E-state index in [-0.39, 0.29) is 48.9 Å². The Hall–Kier alpha value is -5.72. The summed E-state index contributed by atoms with van der Waals surface area (Å²) in [5, 5.41) is 33.9. The molecule has 4 unspecified atom stereocenters. The second-order valence-electron chi connectivity index (χ2n) is 22.2. The Bertz CT molecular complexity index is 2480. The number of phenolic OH excluding ortho intramolecular Hbond substituents is 1. The second-order valence-corrected chi connectivity index (χ2v) is 22.2. The van der Waals surface area contributed by atoms with Crippen LogP contribution in [0.2, 0.25) is 0 Å². The molecule has 18 nitrogen and oxygen atoms in total. The van der Waals surface area contributed by atoms with Gasteiger partial charge in [-0.2, -0.15) is 0 Å². The normalized spacial score (nSPS) is 26.0. The predicted molar refractivity (Wildman–Crippen MR) is 268 cm³/mol. The highest BCUT2D eigenvalue weighted by molar-refractivity contribution is 5.89. The number of rotatable bonds is 14. The van der Waals surface area contributed by atoms with E-state index in [2.05, 4.69) is 52.1 Å². The lowest BCUT2D eigenvalue weighted by Crippen LogP contribution is -2.54. The number of ether oxygens (including phenoxy) is 3. The van der Waals surface area contributed by atoms with Gasteiger partial charge in [0.2, 0.25) is 11.8 Å². The molecule has 6 fully saturated rings. The number of para-hydroxylation sites is 1. The molecule has 4 N–H and O–H groups in total. The number of likely N-dealkylation sites (tertiary alicyclic amines) is 2. The Balaban J connectivity index is 0.642. The van der Waals surface area contributed by atoms with E-state index < -0.39 is 29.6 Å². The number of pyridine rings is 1. The van der Waals surface area contributed by atoms with Crippen LogP contribution in [0.15, 0.2) is 59.3 Å². The van der Waals surface area contributed by atoms with Crippen molar-refractivity contribution in [1.29, 1.82) is 0 Å². The molecule has 6 aliphatic rings. The second kappa shape index (κ2) is 20.4. The summed E-state index contributed by atoms with van der Waals surface area (Å²) in [6, 6.07) is 14.9. The van der Waals surface area contributed by atoms with Crippen LogP contribution in [0.4, 0.5) is 23.0 Å². The first-order valence-electron chi connectivity index (χ1n) is 26.0. The van der Waals surface area contributed by atoms with Crippen molar-refractivity contribution < 1.29 is 38.5 Å². The maximum absolute atomic E-state index is 14.0. The number of aliphatic hydroxyl groups is 1. The minimum atomic E-state index is -0.840. The fraction of sp³-hybridized carbons (Fsp3) is 0.623. The number of hydrogen-bond acceptors (Lipinski definition) is 17. The van der Waals surface area contributed by atoms with E-state index in [1.807, 2.05) is 44.3 Å². The first kappa shape index (κ1) is 48.9. The summed E-state index contributed by atoms with van der Waals surface area (Å²) in [5.41, 5.74) is 8.91. The van der Waals surface area contributed by atoms with Gasteiger partial charge in [0.05, 0.1) is 29.7 Å². The Morgan fingerprint density at radius 2 is 1.59 bits per heavy atom. The van der Waals surface area contributed by atoms with Gasteiger partial charge in [0.1, 0.15) is 29.4 Å². The number of fused-ring (bicyclic) bond motifs is 2. The molecule has 0 spiro atoms. The van der Waals surface area contributed by atoms with Gasteiger partial charge in [-0.1, -0.05) is 31.1 Å². The largest absolute Gasteiger partial charge is 0.507 e. The van der Waals surface area contributed by atoms with Crippen LogP contribution < -0.4 is 25.2 Å². The zero-order valence-electron chi connectivity index (χ0n) is 41.9. The van der Waals surface area contributed by atoms with Gasteiger partial charge in [-0.3, -0.25) is 4.79 Å². The van der Waals surface area contributed by atoms with E-state index in [4.69, 9.17) is 24.5 Å². The molecule has 2 bridgehead atoms. The summed E-state index contributed by atoms with van der Waals surface area (Å²) in [6.45, 7) is 15.9. The van der Waals surface area contributed by atoms with Crippen molar-refractivity contribution in [3.63, 3.8) is 0 Å². The summed E-state index contributed by atoms with van der Waals surface area (Å²) in [4.78, 5) is 42.9. The molecule has 10 rings (SSSR count). The van der Waals surface area contributed by atoms with Crippen molar-refractivity contribution in [3.05, 3.63) is 60.5 Å². The van der Waals surface area contributed by atoms with Crippen molar-refractivity contribution >= 4 is 34.9 Å². The van der Waals surface area contributed by atoms with Crippen LogP contribution >= 0.6 is 0 Å². The Kier molecular flexibility index (Phi) is 14.1. The standard InChI is InChI=1S/C53H72N10O8/c1-32(2)49(51(66)62-31-37(64)23-44(62)52(67)70-53(3,4)5)46-27-47(58-71-46)60-20-13-33(14-21-60)28-59-18-15-38(16-19-59)68-39-24-40(25-39)69-48-22-34(12-17-55-48)63-35-10-11-36(63)30-61(29-35)43-26-42(56-57-50(43)54)41-8-6-7-9-45(41)65/h6-9,12,17,22,26-27,32-33,35-40,44,49,64-65H,10-11,13-16,18-21,23-25,28-31H2,1-5H3,(H2,54,57)/t35?,36?,37-,39?,40?,44?,49?/m1/s1. The van der Waals surface area contributed by atoms with E-state index >= 15 is 0 Å². The summed E-state index contributed by atoms with van der Waals surface area (Å²) >= 11 is 0. The molecule has 0 radical (unpaired) electrons. The number of aromatic hydroxyl groups is 1. The minimum absolute atomic E-state index is 0.0790. The number of piperidine rings is 2. The third kappa shape index (κ3) is 10.9. The molecular formula is C53H72N10O8. The average Bonchev–Trinajstić information content (AvgIpc) is 4.04. The number of nitrogens with two attached hydrogens (primary N) is 1. The highest BCUT2D eigenvalue weighted by Crippen LogP contribution is 2.41. The van der Waals surface area contributed by atoms with Crippen molar-refractivity contribution in [2.24, 2.45) is 11.8 Å². The third-order valence-electron chi connectivity index (χ3n) is 15.5. The lowest BCUT2D eigenvalue weighted by Gasteiger charge is -2.43. The van der Waals surface area contributed by atoms with E-state index in [0.29, 0.717) is 46.7 Å². The van der Waals surface area contributed by atoms with Gasteiger partial charge < -0.3 is 59.2 Å². The number of carbonyl (C=O) groups excluding carboxylic acids is 2. The molecule has 5 atom stereocenters. The smallest absolute Gasteiger partial charge is 0.329 e. The number of nitrogen functional groups attached to an aromatic ring is 1. The molecule has 5 saturated heterocycles. The lowest BCUT2D eigenvalue weighted by molar-refractivity contribution is -0.163. The van der Waals surface area contributed by atoms with Gasteiger partial charge in [0.15, 0.2) is 17.4 Å². The van der Waals surface area contributed by atoms with Crippen molar-refractivity contribution in [3.8, 4) is 22.9 Å². The van der Waals surface area contributed by atoms with Crippen molar-refractivity contribution in [2.45, 2.75) is 146 Å². The van der Waals surface area contributed by atoms with Crippen LogP contribution in [0.25, 0.3) is 11.3 Å². The number of aliphatic hydroxyl groups excluding tert-OH is 1. The van der Waals surface area contributed by atoms with Crippen molar-refractivity contribution in [1.82, 2.24) is 30.1 Å². The first-order valence-corrected chi connectivity index (χ1v) is 26.0. The van der Waals surface area contributed by atoms with Gasteiger partial charge in [-0.25, -0.2) is 9.78 Å². The highest BCUT2D eigenvalue weighted by Gasteiger charge is 2.46. The summed E-state index contributed by atoms with van der Waals surface area (Å²) < 4.78 is 24.5. The van der Waals surface area contributed by atoms with Crippen LogP contribution in [0, 0.1) is 11.8 Å².